The van der Waals surface area contributed by atoms with Crippen LogP contribution in [0.3, 0.4) is 0 Å². The first-order valence-corrected chi connectivity index (χ1v) is 9.13. The largest absolute Gasteiger partial charge is 0.299 e. The van der Waals surface area contributed by atoms with Crippen LogP contribution < -0.4 is 0 Å². The standard InChI is InChI=1S/C14H26N4O2S/c1-13-10-15-18(11-13)12-14-6-4-7-17(14)8-5-9-21(19,20)16(2)3/h10-11,14H,4-9,12H2,1-3H3/t14-/m0/s1. The Morgan fingerprint density at radius 1 is 1.43 bits per heavy atom. The van der Waals surface area contributed by atoms with Gasteiger partial charge in [0.25, 0.3) is 0 Å². The molecule has 1 atom stereocenters. The summed E-state index contributed by atoms with van der Waals surface area (Å²) in [6.45, 7) is 4.85. The second kappa shape index (κ2) is 6.89. The van der Waals surface area contributed by atoms with Gasteiger partial charge in [0.1, 0.15) is 0 Å². The Morgan fingerprint density at radius 3 is 2.81 bits per heavy atom. The van der Waals surface area contributed by atoms with Crippen LogP contribution in [-0.4, -0.2) is 66.4 Å². The van der Waals surface area contributed by atoms with E-state index in [1.165, 1.54) is 22.7 Å². The number of likely N-dealkylation sites (tertiary alicyclic amines) is 1. The summed E-state index contributed by atoms with van der Waals surface area (Å²) >= 11 is 0. The number of aryl methyl sites for hydroxylation is 1. The molecule has 6 nitrogen and oxygen atoms in total. The zero-order valence-electron chi connectivity index (χ0n) is 13.2. The van der Waals surface area contributed by atoms with Crippen molar-refractivity contribution in [2.45, 2.75) is 38.8 Å². The molecule has 120 valence electrons. The number of rotatable bonds is 7. The zero-order valence-corrected chi connectivity index (χ0v) is 14.0. The fraction of sp³-hybridized carbons (Fsp3) is 0.786. The van der Waals surface area contributed by atoms with Crippen molar-refractivity contribution in [2.75, 3.05) is 32.9 Å². The molecular formula is C14H26N4O2S. The Balaban J connectivity index is 1.82. The van der Waals surface area contributed by atoms with Crippen molar-refractivity contribution in [2.24, 2.45) is 0 Å². The van der Waals surface area contributed by atoms with Crippen molar-refractivity contribution in [3.63, 3.8) is 0 Å². The molecule has 0 radical (unpaired) electrons. The van der Waals surface area contributed by atoms with E-state index in [0.717, 1.165) is 19.6 Å². The highest BCUT2D eigenvalue weighted by molar-refractivity contribution is 7.89. The monoisotopic (exact) mass is 314 g/mol. The molecule has 0 amide bonds. The van der Waals surface area contributed by atoms with Crippen LogP contribution in [0.1, 0.15) is 24.8 Å². The van der Waals surface area contributed by atoms with Gasteiger partial charge in [-0.3, -0.25) is 9.58 Å². The van der Waals surface area contributed by atoms with Gasteiger partial charge in [-0.25, -0.2) is 12.7 Å². The average molecular weight is 314 g/mol. The molecule has 1 aromatic heterocycles. The van der Waals surface area contributed by atoms with Gasteiger partial charge in [0.05, 0.1) is 18.5 Å². The van der Waals surface area contributed by atoms with Gasteiger partial charge < -0.3 is 0 Å². The molecule has 0 aromatic carbocycles. The molecule has 1 aliphatic rings. The summed E-state index contributed by atoms with van der Waals surface area (Å²) < 4.78 is 26.8. The van der Waals surface area contributed by atoms with Crippen LogP contribution in [0.25, 0.3) is 0 Å². The molecule has 0 unspecified atom stereocenters. The zero-order chi connectivity index (χ0) is 15.5. The second-order valence-corrected chi connectivity index (χ2v) is 8.33. The summed E-state index contributed by atoms with van der Waals surface area (Å²) in [6.07, 6.45) is 6.98. The van der Waals surface area contributed by atoms with Crippen molar-refractivity contribution in [1.29, 1.82) is 0 Å². The van der Waals surface area contributed by atoms with Crippen LogP contribution in [0.15, 0.2) is 12.4 Å². The molecule has 1 aliphatic heterocycles. The number of hydrogen-bond acceptors (Lipinski definition) is 4. The lowest BCUT2D eigenvalue weighted by molar-refractivity contribution is 0.227. The molecule has 1 aromatic rings. The molecule has 0 N–H and O–H groups in total. The van der Waals surface area contributed by atoms with Gasteiger partial charge in [-0.1, -0.05) is 0 Å². The van der Waals surface area contributed by atoms with Crippen LogP contribution >= 0.6 is 0 Å². The van der Waals surface area contributed by atoms with E-state index < -0.39 is 10.0 Å². The molecule has 0 saturated carbocycles. The minimum Gasteiger partial charge on any atom is -0.299 e. The Bertz CT molecular complexity index is 553. The van der Waals surface area contributed by atoms with Gasteiger partial charge in [0.2, 0.25) is 10.0 Å². The normalized spacial score (nSPS) is 20.5. The van der Waals surface area contributed by atoms with E-state index >= 15 is 0 Å². The van der Waals surface area contributed by atoms with Crippen LogP contribution in [0, 0.1) is 6.92 Å². The molecule has 2 heterocycles. The van der Waals surface area contributed by atoms with Crippen molar-refractivity contribution in [1.82, 2.24) is 19.0 Å². The van der Waals surface area contributed by atoms with Gasteiger partial charge >= 0.3 is 0 Å². The lowest BCUT2D eigenvalue weighted by atomic mass is 10.2. The van der Waals surface area contributed by atoms with E-state index in [1.54, 1.807) is 14.1 Å². The van der Waals surface area contributed by atoms with Crippen LogP contribution in [0.5, 0.6) is 0 Å². The Labute approximate surface area is 127 Å². The van der Waals surface area contributed by atoms with E-state index in [4.69, 9.17) is 0 Å². The number of sulfonamides is 1. The maximum atomic E-state index is 11.8. The molecule has 0 bridgehead atoms. The molecule has 7 heteroatoms. The predicted molar refractivity (Wildman–Crippen MR) is 83.6 cm³/mol. The van der Waals surface area contributed by atoms with Crippen LogP contribution in [-0.2, 0) is 16.6 Å². The van der Waals surface area contributed by atoms with Crippen LogP contribution in [0.2, 0.25) is 0 Å². The van der Waals surface area contributed by atoms with Gasteiger partial charge in [0.15, 0.2) is 0 Å². The molecule has 1 saturated heterocycles. The van der Waals surface area contributed by atoms with Crippen molar-refractivity contribution < 1.29 is 8.42 Å². The minimum atomic E-state index is -3.07. The molecule has 2 rings (SSSR count). The molecule has 0 aliphatic carbocycles. The van der Waals surface area contributed by atoms with E-state index in [-0.39, 0.29) is 5.75 Å². The molecular weight excluding hydrogens is 288 g/mol. The Morgan fingerprint density at radius 2 is 2.19 bits per heavy atom. The fourth-order valence-electron chi connectivity index (χ4n) is 2.81. The van der Waals surface area contributed by atoms with E-state index in [2.05, 4.69) is 16.2 Å². The first-order chi connectivity index (χ1) is 9.88. The van der Waals surface area contributed by atoms with Gasteiger partial charge in [0, 0.05) is 26.3 Å². The molecule has 0 spiro atoms. The highest BCUT2D eigenvalue weighted by Gasteiger charge is 2.25. The average Bonchev–Trinajstić information content (AvgIpc) is 2.99. The van der Waals surface area contributed by atoms with Gasteiger partial charge in [-0.05, 0) is 44.8 Å². The third kappa shape index (κ3) is 4.52. The van der Waals surface area contributed by atoms with E-state index in [0.29, 0.717) is 12.5 Å². The fourth-order valence-corrected chi connectivity index (χ4v) is 3.67. The lowest BCUT2D eigenvalue weighted by Crippen LogP contribution is -2.35. The Kier molecular flexibility index (Phi) is 5.40. The maximum absolute atomic E-state index is 11.8. The SMILES string of the molecule is Cc1cnn(C[C@@H]2CCCN2CCCS(=O)(=O)N(C)C)c1. The first kappa shape index (κ1) is 16.5. The molecule has 1 fully saturated rings. The highest BCUT2D eigenvalue weighted by Crippen LogP contribution is 2.19. The summed E-state index contributed by atoms with van der Waals surface area (Å²) in [4.78, 5) is 2.40. The van der Waals surface area contributed by atoms with Crippen molar-refractivity contribution in [3.8, 4) is 0 Å². The minimum absolute atomic E-state index is 0.226. The van der Waals surface area contributed by atoms with Gasteiger partial charge in [-0.2, -0.15) is 5.10 Å². The Hall–Kier alpha value is -0.920. The first-order valence-electron chi connectivity index (χ1n) is 7.52. The lowest BCUT2D eigenvalue weighted by Gasteiger charge is -2.24. The highest BCUT2D eigenvalue weighted by atomic mass is 32.2. The summed E-state index contributed by atoms with van der Waals surface area (Å²) in [5.41, 5.74) is 1.18. The number of aromatic nitrogens is 2. The summed E-state index contributed by atoms with van der Waals surface area (Å²) in [7, 11) is 0.109. The number of nitrogens with zero attached hydrogens (tertiary/aromatic N) is 4. The van der Waals surface area contributed by atoms with E-state index in [9.17, 15) is 8.42 Å². The predicted octanol–water partition coefficient (Wildman–Crippen LogP) is 0.937. The van der Waals surface area contributed by atoms with E-state index in [1.807, 2.05) is 17.8 Å². The quantitative estimate of drug-likeness (QED) is 0.751. The molecule has 21 heavy (non-hydrogen) atoms. The number of hydrogen-bond donors (Lipinski definition) is 0. The topological polar surface area (TPSA) is 58.4 Å². The summed E-state index contributed by atoms with van der Waals surface area (Å²) in [6, 6.07) is 0.478. The van der Waals surface area contributed by atoms with Gasteiger partial charge in [-0.15, -0.1) is 0 Å². The maximum Gasteiger partial charge on any atom is 0.213 e. The second-order valence-electron chi connectivity index (χ2n) is 6.02. The summed E-state index contributed by atoms with van der Waals surface area (Å²) in [5, 5.41) is 4.34. The third-order valence-corrected chi connectivity index (χ3v) is 5.98. The van der Waals surface area contributed by atoms with Crippen molar-refractivity contribution >= 4 is 10.0 Å². The third-order valence-electron chi connectivity index (χ3n) is 4.06. The smallest absolute Gasteiger partial charge is 0.213 e. The van der Waals surface area contributed by atoms with Crippen molar-refractivity contribution in [3.05, 3.63) is 18.0 Å². The van der Waals surface area contributed by atoms with Crippen LogP contribution in [0.4, 0.5) is 0 Å². The summed E-state index contributed by atoms with van der Waals surface area (Å²) in [5.74, 6) is 0.226.